The van der Waals surface area contributed by atoms with E-state index in [9.17, 15) is 47.8 Å². The van der Waals surface area contributed by atoms with Crippen LogP contribution in [0.25, 0.3) is 22.3 Å². The van der Waals surface area contributed by atoms with Crippen molar-refractivity contribution in [2.24, 2.45) is 5.84 Å². The first kappa shape index (κ1) is 56.3. The minimum atomic E-state index is -1.52. The third kappa shape index (κ3) is 17.6. The van der Waals surface area contributed by atoms with Gasteiger partial charge in [-0.15, -0.1) is 0 Å². The average Bonchev–Trinajstić information content (AvgIpc) is 4.05. The normalized spacial score (nSPS) is 11.6. The number of hydrogen-bond acceptors (Lipinski definition) is 15. The lowest BCUT2D eigenvalue weighted by molar-refractivity contribution is -0.155. The lowest BCUT2D eigenvalue weighted by Crippen LogP contribution is -2.47. The first-order chi connectivity index (χ1) is 33.7. The van der Waals surface area contributed by atoms with Crippen LogP contribution >= 0.6 is 23.2 Å². The van der Waals surface area contributed by atoms with E-state index in [-0.39, 0.29) is 73.0 Å². The number of carbonyl (C=O) groups is 6. The van der Waals surface area contributed by atoms with Crippen molar-refractivity contribution in [3.63, 3.8) is 0 Å². The van der Waals surface area contributed by atoms with Gasteiger partial charge in [0, 0.05) is 54.2 Å². The van der Waals surface area contributed by atoms with Crippen molar-refractivity contribution in [2.45, 2.75) is 53.0 Å². The number of nitrogens with two attached hydrogens (primary N) is 1. The fourth-order valence-corrected chi connectivity index (χ4v) is 6.52. The molecule has 1 amide bonds. The molecule has 2 aromatic heterocycles. The summed E-state index contributed by atoms with van der Waals surface area (Å²) in [6, 6.07) is 25.1. The Morgan fingerprint density at radius 1 is 0.662 bits per heavy atom. The molecule has 2 heterocycles. The Hall–Kier alpha value is -7.24. The van der Waals surface area contributed by atoms with Gasteiger partial charge in [-0.3, -0.25) is 35.8 Å². The number of Topliss-reactive ketones (excluding diaryl/α,β-unsaturated/α-hetero) is 2. The third-order valence-corrected chi connectivity index (χ3v) is 10.1. The van der Waals surface area contributed by atoms with Crippen LogP contribution in [0.1, 0.15) is 80.8 Å². The molecular formula is C48H50Cl2F2N8O11. The van der Waals surface area contributed by atoms with Crippen LogP contribution in [0.2, 0.25) is 10.0 Å². The van der Waals surface area contributed by atoms with Crippen molar-refractivity contribution in [2.75, 3.05) is 26.3 Å². The van der Waals surface area contributed by atoms with Gasteiger partial charge in [-0.2, -0.15) is 10.2 Å². The molecule has 23 heteroatoms. The number of carboxylic acid groups (broad SMARTS) is 1. The zero-order valence-electron chi connectivity index (χ0n) is 38.6. The molecule has 6 aromatic rings. The van der Waals surface area contributed by atoms with Gasteiger partial charge in [-0.05, 0) is 78.6 Å². The van der Waals surface area contributed by atoms with Crippen molar-refractivity contribution in [3.05, 3.63) is 153 Å². The average molecular weight is 1020 g/mol. The van der Waals surface area contributed by atoms with Crippen molar-refractivity contribution >= 4 is 58.6 Å². The number of carbonyl (C=O) groups excluding carboxylic acids is 5. The minimum absolute atomic E-state index is 0.0256. The summed E-state index contributed by atoms with van der Waals surface area (Å²) in [4.78, 5) is 68.3. The molecule has 0 unspecified atom stereocenters. The second-order valence-electron chi connectivity index (χ2n) is 15.2. The predicted molar refractivity (Wildman–Crippen MR) is 256 cm³/mol. The molecule has 71 heavy (non-hydrogen) atoms. The number of aliphatic hydroxyl groups excluding tert-OH is 2. The highest BCUT2D eigenvalue weighted by molar-refractivity contribution is 6.31. The molecule has 19 nitrogen and oxygen atoms in total. The van der Waals surface area contributed by atoms with E-state index in [0.29, 0.717) is 44.4 Å². The molecule has 0 radical (unpaired) electrons. The van der Waals surface area contributed by atoms with Gasteiger partial charge >= 0.3 is 17.9 Å². The van der Waals surface area contributed by atoms with Crippen LogP contribution in [0.5, 0.6) is 0 Å². The number of aliphatic hydroxyl groups is 2. The lowest BCUT2D eigenvalue weighted by atomic mass is 10.0. The quantitative estimate of drug-likeness (QED) is 0.0206. The molecule has 8 N–H and O–H groups in total. The Labute approximate surface area is 415 Å². The summed E-state index contributed by atoms with van der Waals surface area (Å²) < 4.78 is 37.6. The van der Waals surface area contributed by atoms with Crippen molar-refractivity contribution in [1.29, 1.82) is 0 Å². The second-order valence-corrected chi connectivity index (χ2v) is 16.1. The Morgan fingerprint density at radius 3 is 1.49 bits per heavy atom. The summed E-state index contributed by atoms with van der Waals surface area (Å²) in [5.74, 6) is 1.20. The zero-order valence-corrected chi connectivity index (χ0v) is 40.1. The number of H-pyrrole nitrogens is 2. The molecule has 376 valence electrons. The summed E-state index contributed by atoms with van der Waals surface area (Å²) in [7, 11) is 0. The number of amides is 1. The first-order valence-corrected chi connectivity index (χ1v) is 22.1. The molecule has 4 aromatic carbocycles. The smallest absolute Gasteiger partial charge is 0.353 e. The number of aromatic carboxylic acids is 1. The fraction of sp³-hybridized carbons (Fsp3) is 0.250. The minimum Gasteiger partial charge on any atom is -0.477 e. The number of rotatable bonds is 19. The van der Waals surface area contributed by atoms with Gasteiger partial charge in [0.1, 0.15) is 34.4 Å². The molecule has 0 spiro atoms. The molecule has 0 aliphatic heterocycles. The number of nitrogens with zero attached hydrogens (tertiary/aromatic N) is 4. The fourth-order valence-electron chi connectivity index (χ4n) is 6.18. The Balaban J connectivity index is 0.000000263. The van der Waals surface area contributed by atoms with Crippen molar-refractivity contribution in [1.82, 2.24) is 35.8 Å². The largest absolute Gasteiger partial charge is 0.477 e. The second kappa shape index (κ2) is 27.2. The van der Waals surface area contributed by atoms with Crippen LogP contribution in [0.15, 0.2) is 97.1 Å². The van der Waals surface area contributed by atoms with Gasteiger partial charge in [0.25, 0.3) is 5.91 Å². The topological polar surface area (TPSA) is 283 Å². The van der Waals surface area contributed by atoms with E-state index >= 15 is 0 Å². The Kier molecular flexibility index (Phi) is 21.6. The van der Waals surface area contributed by atoms with Crippen LogP contribution < -0.4 is 11.3 Å². The van der Waals surface area contributed by atoms with E-state index in [1.807, 2.05) is 0 Å². The number of ether oxygens (including phenoxy) is 2. The molecule has 0 saturated heterocycles. The number of esters is 2. The molecular weight excluding hydrogens is 973 g/mol. The van der Waals surface area contributed by atoms with Gasteiger partial charge in [0.2, 0.25) is 0 Å². The summed E-state index contributed by atoms with van der Waals surface area (Å²) >= 11 is 11.9. The molecule has 0 aliphatic carbocycles. The lowest BCUT2D eigenvalue weighted by Gasteiger charge is -2.25. The van der Waals surface area contributed by atoms with Gasteiger partial charge in [-0.25, -0.2) is 33.2 Å². The number of nitrogens with one attached hydrogen (secondary N) is 3. The van der Waals surface area contributed by atoms with Crippen LogP contribution in [0.3, 0.4) is 0 Å². The van der Waals surface area contributed by atoms with Gasteiger partial charge < -0.3 is 24.8 Å². The zero-order chi connectivity index (χ0) is 52.4. The summed E-state index contributed by atoms with van der Waals surface area (Å²) in [5.41, 5.74) is 6.38. The molecule has 2 atom stereocenters. The van der Waals surface area contributed by atoms with E-state index < -0.39 is 41.8 Å². The van der Waals surface area contributed by atoms with Crippen molar-refractivity contribution in [3.8, 4) is 22.3 Å². The molecule has 0 aliphatic rings. The Morgan fingerprint density at radius 2 is 1.08 bits per heavy atom. The number of hydrazine groups is 2. The highest BCUT2D eigenvalue weighted by Crippen LogP contribution is 2.28. The van der Waals surface area contributed by atoms with Crippen LogP contribution in [0.4, 0.5) is 8.78 Å². The summed E-state index contributed by atoms with van der Waals surface area (Å²) in [6.07, 6.45) is -2.82. The van der Waals surface area contributed by atoms with Gasteiger partial charge in [0.05, 0.1) is 26.3 Å². The van der Waals surface area contributed by atoms with Gasteiger partial charge in [0.15, 0.2) is 23.8 Å². The van der Waals surface area contributed by atoms with Crippen LogP contribution in [-0.4, -0.2) is 120 Å². The van der Waals surface area contributed by atoms with E-state index in [2.05, 4.69) is 25.8 Å². The number of ketones is 2. The van der Waals surface area contributed by atoms with Crippen LogP contribution in [0, 0.1) is 11.6 Å². The van der Waals surface area contributed by atoms with Crippen LogP contribution in [-0.2, 0) is 32.2 Å². The highest BCUT2D eigenvalue weighted by atomic mass is 35.5. The molecule has 6 rings (SSSR count). The summed E-state index contributed by atoms with van der Waals surface area (Å²) in [6.45, 7) is 6.28. The van der Waals surface area contributed by atoms with E-state index in [1.165, 1.54) is 66.3 Å². The number of halogens is 4. The maximum absolute atomic E-state index is 14.2. The molecule has 0 bridgehead atoms. The standard InChI is InChI=1S/C24H24ClFN4O5.C18H20ClFN2O3.C6H6N2O3/c1-3-35-24(34)22(32)13-30(29-23(33)21-11-20(14(2)31)27-28-21)12-15-4-6-16(7-5-15)18-10-17(25)8-9-19(18)26;1-2-25-18(24)17(23)11-22(21)10-12-3-5-13(6-4-12)15-9-14(19)7-8-16(15)20;1-3(9)4-2-5(6(10)11)8-7-4/h4-11,22,32H,3,12-13H2,1-2H3,(H,27,28)(H,29,33);3-9,17,23H,2,10-11,21H2,1H3;2H,1H3,(H,7,8)(H,10,11)/t22-;17-;/m11./s1. The maximum atomic E-state index is 14.2. The van der Waals surface area contributed by atoms with E-state index in [4.69, 9.17) is 43.6 Å². The number of hydrogen-bond donors (Lipinski definition) is 7. The predicted octanol–water partition coefficient (Wildman–Crippen LogP) is 6.20. The molecule has 0 fully saturated rings. The number of aromatic amines is 2. The Bertz CT molecular complexity index is 2760. The van der Waals surface area contributed by atoms with Gasteiger partial charge in [-0.1, -0.05) is 71.7 Å². The number of carboxylic acids is 1. The monoisotopic (exact) mass is 1020 g/mol. The van der Waals surface area contributed by atoms with Crippen molar-refractivity contribution < 1.29 is 62.3 Å². The van der Waals surface area contributed by atoms with E-state index in [1.54, 1.807) is 68.4 Å². The maximum Gasteiger partial charge on any atom is 0.353 e. The summed E-state index contributed by atoms with van der Waals surface area (Å²) in [5, 5.41) is 43.8. The third-order valence-electron chi connectivity index (χ3n) is 9.68. The number of benzene rings is 4. The SMILES string of the molecule is CC(=O)c1cc(C(=O)O)[nH]n1.CCOC(=O)[C@H](O)CN(Cc1ccc(-c2cc(Cl)ccc2F)cc1)NC(=O)c1cc(C(C)=O)n[nH]1.CCOC(=O)[C@H](O)CN(N)Cc1ccc(-c2cc(Cl)ccc2F)cc1. The molecule has 0 saturated carbocycles. The number of aromatic nitrogens is 4. The first-order valence-electron chi connectivity index (χ1n) is 21.4. The van der Waals surface area contributed by atoms with E-state index in [0.717, 1.165) is 5.56 Å². The highest BCUT2D eigenvalue weighted by Gasteiger charge is 2.24.